The molecule has 0 saturated carbocycles. The molecule has 0 spiro atoms. The lowest BCUT2D eigenvalue weighted by Gasteiger charge is -2.15. The fourth-order valence-corrected chi connectivity index (χ4v) is 4.59. The van der Waals surface area contributed by atoms with Gasteiger partial charge in [-0.05, 0) is 17.9 Å². The highest BCUT2D eigenvalue weighted by molar-refractivity contribution is 7.91. The minimum atomic E-state index is -3.04. The summed E-state index contributed by atoms with van der Waals surface area (Å²) in [6.07, 6.45) is -0.0252. The highest BCUT2D eigenvalue weighted by Gasteiger charge is 2.32. The number of ether oxygens (including phenoxy) is 1. The first-order valence-electron chi connectivity index (χ1n) is 6.33. The molecular weight excluding hydrogens is 300 g/mol. The summed E-state index contributed by atoms with van der Waals surface area (Å²) >= 11 is 1.18. The molecule has 5 nitrogen and oxygen atoms in total. The van der Waals surface area contributed by atoms with Crippen LogP contribution in [0.2, 0.25) is 0 Å². The second-order valence-electron chi connectivity index (χ2n) is 6.00. The van der Waals surface area contributed by atoms with Crippen LogP contribution in [0.5, 0.6) is 5.75 Å². The van der Waals surface area contributed by atoms with Crippen LogP contribution in [0.3, 0.4) is 0 Å². The largest absolute Gasteiger partial charge is 0.488 e. The standard InChI is InChI=1S/C13H18O5S2/c1-13(2,3)10-6-9(11(19-10)12(14)15)18-8-4-5-20(16,17)7-8/h6,8H,4-5,7H2,1-3H3,(H,14,15). The first kappa shape index (κ1) is 15.3. The van der Waals surface area contributed by atoms with E-state index < -0.39 is 21.9 Å². The topological polar surface area (TPSA) is 80.7 Å². The van der Waals surface area contributed by atoms with E-state index in [-0.39, 0.29) is 27.5 Å². The SMILES string of the molecule is CC(C)(C)c1cc(OC2CCS(=O)(=O)C2)c(C(=O)O)s1. The molecule has 1 N–H and O–H groups in total. The molecule has 7 heteroatoms. The average Bonchev–Trinajstić information content (AvgIpc) is 2.82. The third-order valence-corrected chi connectivity index (χ3v) is 6.38. The van der Waals surface area contributed by atoms with Gasteiger partial charge < -0.3 is 9.84 Å². The number of thiophene rings is 1. The van der Waals surface area contributed by atoms with Gasteiger partial charge in [-0.25, -0.2) is 13.2 Å². The van der Waals surface area contributed by atoms with Crippen LogP contribution in [0.1, 0.15) is 41.7 Å². The predicted molar refractivity (Wildman–Crippen MR) is 77.7 cm³/mol. The summed E-state index contributed by atoms with van der Waals surface area (Å²) in [6, 6.07) is 1.72. The molecule has 1 saturated heterocycles. The van der Waals surface area contributed by atoms with Crippen molar-refractivity contribution in [2.45, 2.75) is 38.7 Å². The summed E-state index contributed by atoms with van der Waals surface area (Å²) in [7, 11) is -3.04. The third kappa shape index (κ3) is 3.32. The first-order chi connectivity index (χ1) is 9.08. The van der Waals surface area contributed by atoms with Crippen molar-refractivity contribution < 1.29 is 23.1 Å². The zero-order valence-corrected chi connectivity index (χ0v) is 13.3. The Hall–Kier alpha value is -1.08. The Morgan fingerprint density at radius 3 is 2.55 bits per heavy atom. The number of rotatable bonds is 3. The highest BCUT2D eigenvalue weighted by Crippen LogP contribution is 2.37. The van der Waals surface area contributed by atoms with Gasteiger partial charge in [0.2, 0.25) is 0 Å². The maximum absolute atomic E-state index is 11.4. The van der Waals surface area contributed by atoms with Gasteiger partial charge in [-0.15, -0.1) is 11.3 Å². The zero-order valence-electron chi connectivity index (χ0n) is 11.7. The number of carboxylic acids is 1. The number of carbonyl (C=O) groups is 1. The second-order valence-corrected chi connectivity index (χ2v) is 9.28. The lowest BCUT2D eigenvalue weighted by Crippen LogP contribution is -2.18. The van der Waals surface area contributed by atoms with Gasteiger partial charge >= 0.3 is 5.97 Å². The van der Waals surface area contributed by atoms with Crippen LogP contribution in [0.25, 0.3) is 0 Å². The second kappa shape index (κ2) is 5.04. The molecule has 1 aromatic heterocycles. The van der Waals surface area contributed by atoms with E-state index >= 15 is 0 Å². The van der Waals surface area contributed by atoms with Crippen LogP contribution in [0, 0.1) is 0 Å². The Kier molecular flexibility index (Phi) is 3.85. The molecule has 112 valence electrons. The van der Waals surface area contributed by atoms with Crippen molar-refractivity contribution >= 4 is 27.1 Å². The molecule has 1 aliphatic heterocycles. The Bertz CT molecular complexity index is 622. The molecular formula is C13H18O5S2. The van der Waals surface area contributed by atoms with Gasteiger partial charge in [0.05, 0.1) is 11.5 Å². The molecule has 2 rings (SSSR count). The maximum Gasteiger partial charge on any atom is 0.349 e. The van der Waals surface area contributed by atoms with Gasteiger partial charge in [-0.1, -0.05) is 20.8 Å². The van der Waals surface area contributed by atoms with E-state index in [2.05, 4.69) is 0 Å². The molecule has 0 amide bonds. The summed E-state index contributed by atoms with van der Waals surface area (Å²) in [5, 5.41) is 9.23. The molecule has 0 aromatic carbocycles. The molecule has 1 atom stereocenters. The summed E-state index contributed by atoms with van der Waals surface area (Å²) < 4.78 is 28.5. The molecule has 1 aromatic rings. The maximum atomic E-state index is 11.4. The first-order valence-corrected chi connectivity index (χ1v) is 8.97. The molecule has 1 unspecified atom stereocenters. The van der Waals surface area contributed by atoms with E-state index in [0.29, 0.717) is 6.42 Å². The smallest absolute Gasteiger partial charge is 0.349 e. The van der Waals surface area contributed by atoms with Crippen LogP contribution in [0.4, 0.5) is 0 Å². The minimum absolute atomic E-state index is 0.0350. The summed E-state index contributed by atoms with van der Waals surface area (Å²) in [5.41, 5.74) is -0.168. The van der Waals surface area contributed by atoms with E-state index in [0.717, 1.165) is 4.88 Å². The molecule has 0 radical (unpaired) electrons. The fraction of sp³-hybridized carbons (Fsp3) is 0.615. The zero-order chi connectivity index (χ0) is 15.1. The van der Waals surface area contributed by atoms with Crippen molar-refractivity contribution in [3.63, 3.8) is 0 Å². The van der Waals surface area contributed by atoms with Gasteiger partial charge in [0.1, 0.15) is 11.9 Å². The lowest BCUT2D eigenvalue weighted by molar-refractivity contribution is 0.0696. The molecule has 1 fully saturated rings. The fourth-order valence-electron chi connectivity index (χ4n) is 2.01. The van der Waals surface area contributed by atoms with E-state index in [1.807, 2.05) is 20.8 Å². The molecule has 0 aliphatic carbocycles. The molecule has 0 bridgehead atoms. The number of carboxylic acid groups (broad SMARTS) is 1. The quantitative estimate of drug-likeness (QED) is 0.925. The van der Waals surface area contributed by atoms with E-state index in [9.17, 15) is 18.3 Å². The summed E-state index contributed by atoms with van der Waals surface area (Å²) in [5.74, 6) is -0.681. The van der Waals surface area contributed by atoms with Crippen molar-refractivity contribution in [2.24, 2.45) is 0 Å². The highest BCUT2D eigenvalue weighted by atomic mass is 32.2. The van der Waals surface area contributed by atoms with Gasteiger partial charge in [0.15, 0.2) is 14.7 Å². The van der Waals surface area contributed by atoms with Crippen LogP contribution < -0.4 is 4.74 Å². The third-order valence-electron chi connectivity index (χ3n) is 3.12. The van der Waals surface area contributed by atoms with Crippen molar-refractivity contribution in [3.8, 4) is 5.75 Å². The Labute approximate surface area is 122 Å². The van der Waals surface area contributed by atoms with E-state index in [4.69, 9.17) is 4.74 Å². The molecule has 2 heterocycles. The summed E-state index contributed by atoms with van der Waals surface area (Å²) in [6.45, 7) is 5.98. The monoisotopic (exact) mass is 318 g/mol. The Morgan fingerprint density at radius 1 is 1.45 bits per heavy atom. The van der Waals surface area contributed by atoms with Crippen molar-refractivity contribution in [1.29, 1.82) is 0 Å². The number of hydrogen-bond donors (Lipinski definition) is 1. The van der Waals surface area contributed by atoms with E-state index in [1.165, 1.54) is 11.3 Å². The normalized spacial score (nSPS) is 21.9. The number of hydrogen-bond acceptors (Lipinski definition) is 5. The van der Waals surface area contributed by atoms with E-state index in [1.54, 1.807) is 6.07 Å². The van der Waals surface area contributed by atoms with Gasteiger partial charge in [-0.3, -0.25) is 0 Å². The Morgan fingerprint density at radius 2 is 2.10 bits per heavy atom. The minimum Gasteiger partial charge on any atom is -0.488 e. The van der Waals surface area contributed by atoms with Crippen LogP contribution in [0.15, 0.2) is 6.07 Å². The number of sulfone groups is 1. The molecule has 1 aliphatic rings. The van der Waals surface area contributed by atoms with Crippen molar-refractivity contribution in [2.75, 3.05) is 11.5 Å². The van der Waals surface area contributed by atoms with Gasteiger partial charge in [-0.2, -0.15) is 0 Å². The lowest BCUT2D eigenvalue weighted by atomic mass is 9.95. The number of aromatic carboxylic acids is 1. The Balaban J connectivity index is 2.27. The van der Waals surface area contributed by atoms with Crippen LogP contribution in [-0.2, 0) is 15.3 Å². The predicted octanol–water partition coefficient (Wildman–Crippen LogP) is 2.31. The summed E-state index contributed by atoms with van der Waals surface area (Å²) in [4.78, 5) is 12.3. The van der Waals surface area contributed by atoms with Crippen LogP contribution >= 0.6 is 11.3 Å². The van der Waals surface area contributed by atoms with Crippen LogP contribution in [-0.4, -0.2) is 37.1 Å². The van der Waals surface area contributed by atoms with Crippen molar-refractivity contribution in [1.82, 2.24) is 0 Å². The van der Waals surface area contributed by atoms with Crippen molar-refractivity contribution in [3.05, 3.63) is 15.8 Å². The molecule has 20 heavy (non-hydrogen) atoms. The van der Waals surface area contributed by atoms with Gasteiger partial charge in [0, 0.05) is 4.88 Å². The van der Waals surface area contributed by atoms with Gasteiger partial charge in [0.25, 0.3) is 0 Å². The average molecular weight is 318 g/mol.